The third-order valence-electron chi connectivity index (χ3n) is 1.93. The van der Waals surface area contributed by atoms with E-state index in [1.54, 1.807) is 0 Å². The Kier molecular flexibility index (Phi) is 4.23. The lowest BCUT2D eigenvalue weighted by Gasteiger charge is -2.05. The molecule has 0 unspecified atom stereocenters. The summed E-state index contributed by atoms with van der Waals surface area (Å²) >= 11 is 0. The average molecular weight is 231 g/mol. The van der Waals surface area contributed by atoms with Crippen LogP contribution in [0.2, 0.25) is 0 Å². The zero-order valence-corrected chi connectivity index (χ0v) is 9.35. The summed E-state index contributed by atoms with van der Waals surface area (Å²) in [4.78, 5) is -0.0291. The maximum absolute atomic E-state index is 12.8. The molecule has 1 N–H and O–H groups in total. The first-order chi connectivity index (χ1) is 7.06. The lowest BCUT2D eigenvalue weighted by atomic mass is 10.3. The van der Waals surface area contributed by atoms with E-state index in [1.165, 1.54) is 18.2 Å². The van der Waals surface area contributed by atoms with Gasteiger partial charge in [0, 0.05) is 6.54 Å². The van der Waals surface area contributed by atoms with Gasteiger partial charge in [0.2, 0.25) is 10.0 Å². The van der Waals surface area contributed by atoms with Gasteiger partial charge in [-0.1, -0.05) is 19.4 Å². The van der Waals surface area contributed by atoms with Gasteiger partial charge in [0.15, 0.2) is 0 Å². The highest BCUT2D eigenvalue weighted by molar-refractivity contribution is 7.89. The molecule has 0 aliphatic carbocycles. The van der Waals surface area contributed by atoms with Gasteiger partial charge in [-0.3, -0.25) is 0 Å². The first-order valence-electron chi connectivity index (χ1n) is 4.81. The van der Waals surface area contributed by atoms with Crippen molar-refractivity contribution < 1.29 is 12.8 Å². The minimum Gasteiger partial charge on any atom is -0.211 e. The van der Waals surface area contributed by atoms with Gasteiger partial charge in [0.25, 0.3) is 0 Å². The Bertz CT molecular complexity index is 417. The standard InChI is InChI=1S/C10H14FNO2S/c1-2-3-7-12-15(13,14)10-6-4-5-9(11)8-10/h4-6,8,12H,2-3,7H2,1H3. The van der Waals surface area contributed by atoms with E-state index < -0.39 is 15.8 Å². The number of unbranched alkanes of at least 4 members (excludes halogenated alkanes) is 1. The third kappa shape index (κ3) is 3.60. The molecule has 15 heavy (non-hydrogen) atoms. The van der Waals surface area contributed by atoms with Gasteiger partial charge in [-0.2, -0.15) is 0 Å². The van der Waals surface area contributed by atoms with E-state index in [9.17, 15) is 12.8 Å². The smallest absolute Gasteiger partial charge is 0.211 e. The van der Waals surface area contributed by atoms with Crippen molar-refractivity contribution in [3.05, 3.63) is 30.1 Å². The molecular formula is C10H14FNO2S. The Morgan fingerprint density at radius 2 is 2.13 bits per heavy atom. The Balaban J connectivity index is 2.77. The fourth-order valence-corrected chi connectivity index (χ4v) is 2.21. The first-order valence-corrected chi connectivity index (χ1v) is 6.30. The van der Waals surface area contributed by atoms with Gasteiger partial charge < -0.3 is 0 Å². The van der Waals surface area contributed by atoms with Crippen LogP contribution in [0.15, 0.2) is 29.2 Å². The Morgan fingerprint density at radius 1 is 1.40 bits per heavy atom. The first kappa shape index (κ1) is 12.1. The summed E-state index contributed by atoms with van der Waals surface area (Å²) in [5.74, 6) is -0.548. The number of benzene rings is 1. The zero-order chi connectivity index (χ0) is 11.3. The zero-order valence-electron chi connectivity index (χ0n) is 8.53. The Morgan fingerprint density at radius 3 is 2.73 bits per heavy atom. The van der Waals surface area contributed by atoms with E-state index in [-0.39, 0.29) is 4.90 Å². The minimum absolute atomic E-state index is 0.0291. The molecule has 0 amide bonds. The molecule has 0 saturated heterocycles. The van der Waals surface area contributed by atoms with Crippen LogP contribution < -0.4 is 4.72 Å². The number of nitrogens with one attached hydrogen (secondary N) is 1. The van der Waals surface area contributed by atoms with Crippen molar-refractivity contribution in [1.82, 2.24) is 4.72 Å². The second-order valence-corrected chi connectivity index (χ2v) is 4.98. The summed E-state index contributed by atoms with van der Waals surface area (Å²) in [5.41, 5.74) is 0. The Hall–Kier alpha value is -0.940. The SMILES string of the molecule is CCCCNS(=O)(=O)c1cccc(F)c1. The maximum Gasteiger partial charge on any atom is 0.240 e. The lowest BCUT2D eigenvalue weighted by Crippen LogP contribution is -2.24. The molecule has 84 valence electrons. The topological polar surface area (TPSA) is 46.2 Å². The maximum atomic E-state index is 12.8. The summed E-state index contributed by atoms with van der Waals surface area (Å²) in [5, 5.41) is 0. The molecule has 3 nitrogen and oxygen atoms in total. The molecule has 0 aromatic heterocycles. The summed E-state index contributed by atoms with van der Waals surface area (Å²) in [6, 6.07) is 4.97. The molecule has 0 atom stereocenters. The summed E-state index contributed by atoms with van der Waals surface area (Å²) in [7, 11) is -3.55. The highest BCUT2D eigenvalue weighted by atomic mass is 32.2. The van der Waals surface area contributed by atoms with Crippen molar-refractivity contribution in [1.29, 1.82) is 0 Å². The van der Waals surface area contributed by atoms with E-state index in [0.29, 0.717) is 6.54 Å². The van der Waals surface area contributed by atoms with Crippen LogP contribution in [-0.4, -0.2) is 15.0 Å². The Labute approximate surface area is 89.4 Å². The van der Waals surface area contributed by atoms with Gasteiger partial charge in [-0.05, 0) is 24.6 Å². The monoisotopic (exact) mass is 231 g/mol. The van der Waals surface area contributed by atoms with E-state index >= 15 is 0 Å². The molecule has 1 aromatic carbocycles. The molecule has 0 radical (unpaired) electrons. The number of sulfonamides is 1. The van der Waals surface area contributed by atoms with Crippen molar-refractivity contribution >= 4 is 10.0 Å². The molecule has 0 aliphatic heterocycles. The highest BCUT2D eigenvalue weighted by Crippen LogP contribution is 2.09. The van der Waals surface area contributed by atoms with Crippen LogP contribution in [0.25, 0.3) is 0 Å². The lowest BCUT2D eigenvalue weighted by molar-refractivity contribution is 0.574. The number of hydrogen-bond donors (Lipinski definition) is 1. The van der Waals surface area contributed by atoms with Crippen LogP contribution in [-0.2, 0) is 10.0 Å². The van der Waals surface area contributed by atoms with Crippen LogP contribution in [0.3, 0.4) is 0 Å². The summed E-state index contributed by atoms with van der Waals surface area (Å²) in [6.45, 7) is 2.35. The molecule has 1 aromatic rings. The normalized spacial score (nSPS) is 11.6. The van der Waals surface area contributed by atoms with Crippen LogP contribution >= 0.6 is 0 Å². The summed E-state index contributed by atoms with van der Waals surface area (Å²) < 4.78 is 38.4. The van der Waals surface area contributed by atoms with Gasteiger partial charge in [-0.25, -0.2) is 17.5 Å². The fourth-order valence-electron chi connectivity index (χ4n) is 1.10. The van der Waals surface area contributed by atoms with E-state index in [2.05, 4.69) is 4.72 Å². The van der Waals surface area contributed by atoms with Crippen LogP contribution in [0.5, 0.6) is 0 Å². The number of rotatable bonds is 5. The van der Waals surface area contributed by atoms with Gasteiger partial charge in [0.05, 0.1) is 4.90 Å². The molecular weight excluding hydrogens is 217 g/mol. The van der Waals surface area contributed by atoms with E-state index in [4.69, 9.17) is 0 Å². The minimum atomic E-state index is -3.55. The van der Waals surface area contributed by atoms with E-state index in [1.807, 2.05) is 6.92 Å². The highest BCUT2D eigenvalue weighted by Gasteiger charge is 2.13. The molecule has 0 spiro atoms. The molecule has 5 heteroatoms. The second kappa shape index (κ2) is 5.23. The predicted octanol–water partition coefficient (Wildman–Crippen LogP) is 1.90. The van der Waals surface area contributed by atoms with Crippen molar-refractivity contribution in [2.75, 3.05) is 6.54 Å². The van der Waals surface area contributed by atoms with Crippen LogP contribution in [0, 0.1) is 5.82 Å². The predicted molar refractivity (Wildman–Crippen MR) is 56.5 cm³/mol. The van der Waals surface area contributed by atoms with Gasteiger partial charge in [-0.15, -0.1) is 0 Å². The van der Waals surface area contributed by atoms with Crippen LogP contribution in [0.1, 0.15) is 19.8 Å². The molecule has 0 aliphatic rings. The van der Waals surface area contributed by atoms with Gasteiger partial charge in [0.1, 0.15) is 5.82 Å². The molecule has 0 saturated carbocycles. The van der Waals surface area contributed by atoms with Crippen molar-refractivity contribution in [2.45, 2.75) is 24.7 Å². The quantitative estimate of drug-likeness (QED) is 0.787. The fraction of sp³-hybridized carbons (Fsp3) is 0.400. The summed E-state index contributed by atoms with van der Waals surface area (Å²) in [6.07, 6.45) is 1.68. The molecule has 0 bridgehead atoms. The average Bonchev–Trinajstić information content (AvgIpc) is 2.18. The van der Waals surface area contributed by atoms with Crippen LogP contribution in [0.4, 0.5) is 4.39 Å². The molecule has 1 rings (SSSR count). The third-order valence-corrected chi connectivity index (χ3v) is 3.39. The van der Waals surface area contributed by atoms with Gasteiger partial charge >= 0.3 is 0 Å². The number of hydrogen-bond acceptors (Lipinski definition) is 2. The number of halogens is 1. The molecule has 0 fully saturated rings. The second-order valence-electron chi connectivity index (χ2n) is 3.21. The van der Waals surface area contributed by atoms with E-state index in [0.717, 1.165) is 18.9 Å². The molecule has 0 heterocycles. The van der Waals surface area contributed by atoms with Crippen molar-refractivity contribution in [3.8, 4) is 0 Å². The van der Waals surface area contributed by atoms with Crippen molar-refractivity contribution in [3.63, 3.8) is 0 Å². The van der Waals surface area contributed by atoms with Crippen molar-refractivity contribution in [2.24, 2.45) is 0 Å². The largest absolute Gasteiger partial charge is 0.240 e.